The number of ether oxygens (including phenoxy) is 1. The molecule has 0 aromatic heterocycles. The van der Waals surface area contributed by atoms with Gasteiger partial charge in [0.2, 0.25) is 0 Å². The molecule has 3 unspecified atom stereocenters. The first-order valence-corrected chi connectivity index (χ1v) is 8.22. The standard InChI is InChI=1S/C18H25FN2O2/c1-17(2,3)23-16(22)21-9-8-14-15(10-21)18(14,11-20)12-4-6-13(19)7-5-12/h4-7,14-15H,8-11,20H2,1-3H3. The Labute approximate surface area is 136 Å². The van der Waals surface area contributed by atoms with E-state index >= 15 is 0 Å². The number of hydrogen-bond acceptors (Lipinski definition) is 3. The van der Waals surface area contributed by atoms with Gasteiger partial charge in [0.15, 0.2) is 0 Å². The van der Waals surface area contributed by atoms with Gasteiger partial charge in [0.1, 0.15) is 11.4 Å². The van der Waals surface area contributed by atoms with Gasteiger partial charge in [-0.05, 0) is 56.7 Å². The number of nitrogens with zero attached hydrogens (tertiary/aromatic N) is 1. The quantitative estimate of drug-likeness (QED) is 0.911. The highest BCUT2D eigenvalue weighted by molar-refractivity contribution is 5.68. The van der Waals surface area contributed by atoms with Crippen LogP contribution in [0.5, 0.6) is 0 Å². The van der Waals surface area contributed by atoms with Crippen LogP contribution in [0.15, 0.2) is 24.3 Å². The number of nitrogens with two attached hydrogens (primary N) is 1. The number of carbonyl (C=O) groups excluding carboxylic acids is 1. The Morgan fingerprint density at radius 3 is 2.57 bits per heavy atom. The van der Waals surface area contributed by atoms with E-state index in [0.29, 0.717) is 31.5 Å². The van der Waals surface area contributed by atoms with Gasteiger partial charge in [-0.25, -0.2) is 9.18 Å². The zero-order chi connectivity index (χ0) is 16.8. The molecule has 0 bridgehead atoms. The van der Waals surface area contributed by atoms with Crippen molar-refractivity contribution in [2.24, 2.45) is 17.6 Å². The largest absolute Gasteiger partial charge is 0.444 e. The number of piperidine rings is 1. The summed E-state index contributed by atoms with van der Waals surface area (Å²) in [4.78, 5) is 14.1. The Hall–Kier alpha value is -1.62. The minimum Gasteiger partial charge on any atom is -0.444 e. The first kappa shape index (κ1) is 16.2. The van der Waals surface area contributed by atoms with Crippen molar-refractivity contribution in [1.29, 1.82) is 0 Å². The Balaban J connectivity index is 1.74. The van der Waals surface area contributed by atoms with Crippen LogP contribution in [0.2, 0.25) is 0 Å². The van der Waals surface area contributed by atoms with E-state index in [-0.39, 0.29) is 17.3 Å². The maximum Gasteiger partial charge on any atom is 0.410 e. The summed E-state index contributed by atoms with van der Waals surface area (Å²) < 4.78 is 18.7. The molecular weight excluding hydrogens is 295 g/mol. The fourth-order valence-corrected chi connectivity index (χ4v) is 4.08. The van der Waals surface area contributed by atoms with E-state index in [1.807, 2.05) is 32.9 Å². The molecule has 126 valence electrons. The minimum atomic E-state index is -0.487. The third-order valence-electron chi connectivity index (χ3n) is 5.20. The van der Waals surface area contributed by atoms with Gasteiger partial charge in [0, 0.05) is 25.0 Å². The van der Waals surface area contributed by atoms with Gasteiger partial charge < -0.3 is 15.4 Å². The lowest BCUT2D eigenvalue weighted by Crippen LogP contribution is -2.40. The SMILES string of the molecule is CC(C)(C)OC(=O)N1CCC2C(C1)C2(CN)c1ccc(F)cc1. The van der Waals surface area contributed by atoms with E-state index in [4.69, 9.17) is 10.5 Å². The molecular formula is C18H25FN2O2. The number of benzene rings is 1. The molecule has 1 saturated heterocycles. The second-order valence-corrected chi connectivity index (χ2v) is 7.68. The summed E-state index contributed by atoms with van der Waals surface area (Å²) in [6.07, 6.45) is 0.659. The van der Waals surface area contributed by atoms with Crippen molar-refractivity contribution in [3.63, 3.8) is 0 Å². The molecule has 2 aliphatic rings. The van der Waals surface area contributed by atoms with Crippen LogP contribution in [0.4, 0.5) is 9.18 Å². The lowest BCUT2D eigenvalue weighted by atomic mass is 9.91. The average molecular weight is 320 g/mol. The molecule has 3 atom stereocenters. The van der Waals surface area contributed by atoms with Crippen molar-refractivity contribution >= 4 is 6.09 Å². The van der Waals surface area contributed by atoms with E-state index in [0.717, 1.165) is 12.0 Å². The zero-order valence-corrected chi connectivity index (χ0v) is 14.0. The Bertz CT molecular complexity index is 596. The Morgan fingerprint density at radius 2 is 2.00 bits per heavy atom. The van der Waals surface area contributed by atoms with Crippen molar-refractivity contribution in [1.82, 2.24) is 4.90 Å². The highest BCUT2D eigenvalue weighted by atomic mass is 19.1. The Kier molecular flexibility index (Phi) is 3.87. The molecule has 1 aromatic carbocycles. The summed E-state index contributed by atoms with van der Waals surface area (Å²) in [7, 11) is 0. The van der Waals surface area contributed by atoms with Gasteiger partial charge in [-0.3, -0.25) is 0 Å². The van der Waals surface area contributed by atoms with Crippen LogP contribution >= 0.6 is 0 Å². The van der Waals surface area contributed by atoms with E-state index in [1.165, 1.54) is 12.1 Å². The summed E-state index contributed by atoms with van der Waals surface area (Å²) >= 11 is 0. The summed E-state index contributed by atoms with van der Waals surface area (Å²) in [5, 5.41) is 0. The maximum absolute atomic E-state index is 13.2. The summed E-state index contributed by atoms with van der Waals surface area (Å²) in [6, 6.07) is 6.64. The second kappa shape index (κ2) is 5.48. The first-order valence-electron chi connectivity index (χ1n) is 8.22. The Morgan fingerprint density at radius 1 is 1.35 bits per heavy atom. The van der Waals surface area contributed by atoms with Gasteiger partial charge in [-0.1, -0.05) is 12.1 Å². The molecule has 23 heavy (non-hydrogen) atoms. The van der Waals surface area contributed by atoms with Gasteiger partial charge >= 0.3 is 6.09 Å². The lowest BCUT2D eigenvalue weighted by Gasteiger charge is -2.29. The minimum absolute atomic E-state index is 0.121. The summed E-state index contributed by atoms with van der Waals surface area (Å²) in [5.41, 5.74) is 6.57. The molecule has 1 aromatic rings. The highest BCUT2D eigenvalue weighted by Gasteiger charge is 2.66. The van der Waals surface area contributed by atoms with Gasteiger partial charge in [0.05, 0.1) is 0 Å². The van der Waals surface area contributed by atoms with Gasteiger partial charge in [-0.2, -0.15) is 0 Å². The molecule has 5 heteroatoms. The lowest BCUT2D eigenvalue weighted by molar-refractivity contribution is 0.0206. The molecule has 4 nitrogen and oxygen atoms in total. The van der Waals surface area contributed by atoms with Crippen molar-refractivity contribution in [2.75, 3.05) is 19.6 Å². The van der Waals surface area contributed by atoms with Gasteiger partial charge in [-0.15, -0.1) is 0 Å². The van der Waals surface area contributed by atoms with E-state index < -0.39 is 5.60 Å². The van der Waals surface area contributed by atoms with Crippen molar-refractivity contribution < 1.29 is 13.9 Å². The number of hydrogen-bond donors (Lipinski definition) is 1. The maximum atomic E-state index is 13.2. The third-order valence-corrected chi connectivity index (χ3v) is 5.20. The molecule has 0 radical (unpaired) electrons. The number of fused-ring (bicyclic) bond motifs is 1. The van der Waals surface area contributed by atoms with Crippen LogP contribution in [0.1, 0.15) is 32.8 Å². The van der Waals surface area contributed by atoms with Crippen LogP contribution in [-0.2, 0) is 10.2 Å². The van der Waals surface area contributed by atoms with Crippen LogP contribution in [0.25, 0.3) is 0 Å². The topological polar surface area (TPSA) is 55.6 Å². The van der Waals surface area contributed by atoms with Crippen molar-refractivity contribution in [3.05, 3.63) is 35.6 Å². The monoisotopic (exact) mass is 320 g/mol. The fraction of sp³-hybridized carbons (Fsp3) is 0.611. The predicted octanol–water partition coefficient (Wildman–Crippen LogP) is 2.91. The molecule has 0 spiro atoms. The number of likely N-dealkylation sites (tertiary alicyclic amines) is 1. The third kappa shape index (κ3) is 2.82. The predicted molar refractivity (Wildman–Crippen MR) is 86.5 cm³/mol. The van der Waals surface area contributed by atoms with E-state index in [2.05, 4.69) is 0 Å². The van der Waals surface area contributed by atoms with E-state index in [1.54, 1.807) is 4.90 Å². The van der Waals surface area contributed by atoms with Crippen molar-refractivity contribution in [2.45, 2.75) is 38.2 Å². The summed E-state index contributed by atoms with van der Waals surface area (Å²) in [6.45, 7) is 7.50. The molecule has 2 fully saturated rings. The zero-order valence-electron chi connectivity index (χ0n) is 14.0. The molecule has 1 aliphatic heterocycles. The average Bonchev–Trinajstić information content (AvgIpc) is 3.14. The highest BCUT2D eigenvalue weighted by Crippen LogP contribution is 2.62. The molecule has 1 aliphatic carbocycles. The normalized spacial score (nSPS) is 29.9. The number of carbonyl (C=O) groups is 1. The number of amides is 1. The van der Waals surface area contributed by atoms with E-state index in [9.17, 15) is 9.18 Å². The van der Waals surface area contributed by atoms with Crippen LogP contribution < -0.4 is 5.73 Å². The van der Waals surface area contributed by atoms with Crippen LogP contribution in [-0.4, -0.2) is 36.2 Å². The van der Waals surface area contributed by atoms with Crippen LogP contribution in [0.3, 0.4) is 0 Å². The summed E-state index contributed by atoms with van der Waals surface area (Å²) in [5.74, 6) is 0.566. The molecule has 2 N–H and O–H groups in total. The number of rotatable bonds is 2. The van der Waals surface area contributed by atoms with Crippen molar-refractivity contribution in [3.8, 4) is 0 Å². The first-order chi connectivity index (χ1) is 10.8. The number of halogens is 1. The van der Waals surface area contributed by atoms with Crippen LogP contribution in [0, 0.1) is 17.7 Å². The fourth-order valence-electron chi connectivity index (χ4n) is 4.08. The molecule has 3 rings (SSSR count). The molecule has 1 heterocycles. The second-order valence-electron chi connectivity index (χ2n) is 7.68. The molecule has 1 amide bonds. The van der Waals surface area contributed by atoms with Gasteiger partial charge in [0.25, 0.3) is 0 Å². The molecule has 1 saturated carbocycles. The smallest absolute Gasteiger partial charge is 0.410 e.